The van der Waals surface area contributed by atoms with Gasteiger partial charge in [-0.1, -0.05) is 15.9 Å². The lowest BCUT2D eigenvalue weighted by Crippen LogP contribution is -2.18. The molecule has 0 aromatic heterocycles. The lowest BCUT2D eigenvalue weighted by molar-refractivity contribution is -0.137. The minimum absolute atomic E-state index is 0.0391. The highest BCUT2D eigenvalue weighted by Crippen LogP contribution is 2.36. The van der Waals surface area contributed by atoms with E-state index in [1.165, 1.54) is 19.1 Å². The third-order valence-electron chi connectivity index (χ3n) is 1.87. The van der Waals surface area contributed by atoms with Crippen LogP contribution >= 0.6 is 15.9 Å². The van der Waals surface area contributed by atoms with Crippen molar-refractivity contribution in [3.05, 3.63) is 28.2 Å². The van der Waals surface area contributed by atoms with Crippen LogP contribution in [0, 0.1) is 0 Å². The monoisotopic (exact) mass is 297 g/mol. The summed E-state index contributed by atoms with van der Waals surface area (Å²) in [7, 11) is 0. The summed E-state index contributed by atoms with van der Waals surface area (Å²) < 4.78 is 38.3. The van der Waals surface area contributed by atoms with Crippen molar-refractivity contribution in [3.8, 4) is 0 Å². The Kier molecular flexibility index (Phi) is 4.21. The summed E-state index contributed by atoms with van der Waals surface area (Å²) in [6.45, 7) is 1.57. The molecular formula is C10H11BrF3NO. The van der Waals surface area contributed by atoms with Crippen LogP contribution in [0.15, 0.2) is 22.7 Å². The molecule has 2 nitrogen and oxygen atoms in total. The normalized spacial score (nSPS) is 13.6. The van der Waals surface area contributed by atoms with Crippen molar-refractivity contribution in [1.82, 2.24) is 0 Å². The Morgan fingerprint density at radius 1 is 1.44 bits per heavy atom. The van der Waals surface area contributed by atoms with Gasteiger partial charge in [0, 0.05) is 16.7 Å². The quantitative estimate of drug-likeness (QED) is 0.897. The molecule has 16 heavy (non-hydrogen) atoms. The van der Waals surface area contributed by atoms with E-state index in [1.807, 2.05) is 0 Å². The topological polar surface area (TPSA) is 32.3 Å². The molecule has 1 rings (SSSR count). The van der Waals surface area contributed by atoms with E-state index >= 15 is 0 Å². The molecule has 0 amide bonds. The molecule has 0 bridgehead atoms. The number of rotatable bonds is 3. The summed E-state index contributed by atoms with van der Waals surface area (Å²) in [5.41, 5.74) is -0.779. The van der Waals surface area contributed by atoms with Crippen molar-refractivity contribution < 1.29 is 18.3 Å². The first kappa shape index (κ1) is 13.3. The number of aliphatic hydroxyl groups excluding tert-OH is 1. The van der Waals surface area contributed by atoms with Crippen molar-refractivity contribution in [2.24, 2.45) is 0 Å². The van der Waals surface area contributed by atoms with Gasteiger partial charge in [-0.2, -0.15) is 13.2 Å². The van der Waals surface area contributed by atoms with Gasteiger partial charge in [0.1, 0.15) is 0 Å². The Morgan fingerprint density at radius 3 is 2.56 bits per heavy atom. The summed E-state index contributed by atoms with van der Waals surface area (Å²) in [5, 5.41) is 11.6. The zero-order valence-corrected chi connectivity index (χ0v) is 10.1. The van der Waals surface area contributed by atoms with Crippen LogP contribution in [0.4, 0.5) is 18.9 Å². The Labute approximate surface area is 99.6 Å². The Balaban J connectivity index is 2.99. The standard InChI is InChI=1S/C10H11BrF3NO/c1-6(16)5-15-9-4-7(11)2-3-8(9)10(12,13)14/h2-4,6,15-16H,5H2,1H3. The summed E-state index contributed by atoms with van der Waals surface area (Å²) in [4.78, 5) is 0. The van der Waals surface area contributed by atoms with E-state index in [4.69, 9.17) is 5.11 Å². The average molecular weight is 298 g/mol. The molecule has 0 spiro atoms. The molecule has 0 fully saturated rings. The number of nitrogens with one attached hydrogen (secondary N) is 1. The number of aliphatic hydroxyl groups is 1. The maximum Gasteiger partial charge on any atom is 0.418 e. The van der Waals surface area contributed by atoms with Gasteiger partial charge in [0.2, 0.25) is 0 Å². The SMILES string of the molecule is CC(O)CNc1cc(Br)ccc1C(F)(F)F. The van der Waals surface area contributed by atoms with Crippen molar-refractivity contribution in [1.29, 1.82) is 0 Å². The predicted octanol–water partition coefficient (Wildman–Crippen LogP) is 3.26. The van der Waals surface area contributed by atoms with Gasteiger partial charge in [0.25, 0.3) is 0 Å². The zero-order valence-electron chi connectivity index (χ0n) is 8.48. The lowest BCUT2D eigenvalue weighted by atomic mass is 10.1. The van der Waals surface area contributed by atoms with E-state index in [2.05, 4.69) is 21.2 Å². The molecule has 1 unspecified atom stereocenters. The van der Waals surface area contributed by atoms with Gasteiger partial charge in [0.05, 0.1) is 11.7 Å². The Hall–Kier alpha value is -0.750. The second-order valence-electron chi connectivity index (χ2n) is 3.42. The number of anilines is 1. The fraction of sp³-hybridized carbons (Fsp3) is 0.400. The van der Waals surface area contributed by atoms with Crippen molar-refractivity contribution >= 4 is 21.6 Å². The van der Waals surface area contributed by atoms with Crippen LogP contribution in [0.2, 0.25) is 0 Å². The van der Waals surface area contributed by atoms with Crippen molar-refractivity contribution in [2.75, 3.05) is 11.9 Å². The van der Waals surface area contributed by atoms with E-state index in [9.17, 15) is 13.2 Å². The molecule has 6 heteroatoms. The van der Waals surface area contributed by atoms with E-state index in [0.717, 1.165) is 6.07 Å². The van der Waals surface area contributed by atoms with Crippen LogP contribution in [-0.4, -0.2) is 17.8 Å². The maximum absolute atomic E-state index is 12.6. The van der Waals surface area contributed by atoms with Crippen LogP contribution in [0.25, 0.3) is 0 Å². The summed E-state index contributed by atoms with van der Waals surface area (Å²) in [6, 6.07) is 3.66. The van der Waals surface area contributed by atoms with Gasteiger partial charge >= 0.3 is 6.18 Å². The molecular weight excluding hydrogens is 287 g/mol. The van der Waals surface area contributed by atoms with Gasteiger partial charge in [0.15, 0.2) is 0 Å². The van der Waals surface area contributed by atoms with Gasteiger partial charge < -0.3 is 10.4 Å². The van der Waals surface area contributed by atoms with Gasteiger partial charge in [-0.05, 0) is 25.1 Å². The van der Waals surface area contributed by atoms with Crippen LogP contribution in [0.3, 0.4) is 0 Å². The highest BCUT2D eigenvalue weighted by atomic mass is 79.9. The highest BCUT2D eigenvalue weighted by molar-refractivity contribution is 9.10. The largest absolute Gasteiger partial charge is 0.418 e. The summed E-state index contributed by atoms with van der Waals surface area (Å²) in [5.74, 6) is 0. The smallest absolute Gasteiger partial charge is 0.392 e. The minimum Gasteiger partial charge on any atom is -0.392 e. The number of hydrogen-bond acceptors (Lipinski definition) is 2. The third-order valence-corrected chi connectivity index (χ3v) is 2.37. The predicted molar refractivity (Wildman–Crippen MR) is 59.3 cm³/mol. The van der Waals surface area contributed by atoms with Crippen LogP contribution in [0.5, 0.6) is 0 Å². The molecule has 2 N–H and O–H groups in total. The van der Waals surface area contributed by atoms with E-state index in [-0.39, 0.29) is 12.2 Å². The molecule has 90 valence electrons. The van der Waals surface area contributed by atoms with E-state index in [0.29, 0.717) is 4.47 Å². The molecule has 1 aromatic rings. The fourth-order valence-electron chi connectivity index (χ4n) is 1.17. The fourth-order valence-corrected chi connectivity index (χ4v) is 1.53. The second-order valence-corrected chi connectivity index (χ2v) is 4.33. The first-order valence-corrected chi connectivity index (χ1v) is 5.38. The van der Waals surface area contributed by atoms with Gasteiger partial charge in [-0.3, -0.25) is 0 Å². The van der Waals surface area contributed by atoms with E-state index in [1.54, 1.807) is 0 Å². The van der Waals surface area contributed by atoms with Gasteiger partial charge in [-0.25, -0.2) is 0 Å². The van der Waals surface area contributed by atoms with Crippen LogP contribution < -0.4 is 5.32 Å². The van der Waals surface area contributed by atoms with E-state index < -0.39 is 17.8 Å². The first-order chi connectivity index (χ1) is 7.30. The number of benzene rings is 1. The third kappa shape index (κ3) is 3.68. The molecule has 0 aliphatic heterocycles. The highest BCUT2D eigenvalue weighted by Gasteiger charge is 2.33. The molecule has 0 saturated carbocycles. The molecule has 0 radical (unpaired) electrons. The minimum atomic E-state index is -4.40. The first-order valence-electron chi connectivity index (χ1n) is 4.59. The van der Waals surface area contributed by atoms with Crippen LogP contribution in [0.1, 0.15) is 12.5 Å². The van der Waals surface area contributed by atoms with Crippen molar-refractivity contribution in [3.63, 3.8) is 0 Å². The average Bonchev–Trinajstić information content (AvgIpc) is 2.12. The number of halogens is 4. The molecule has 0 heterocycles. The molecule has 1 atom stereocenters. The summed E-state index contributed by atoms with van der Waals surface area (Å²) in [6.07, 6.45) is -5.11. The summed E-state index contributed by atoms with van der Waals surface area (Å²) >= 11 is 3.10. The van der Waals surface area contributed by atoms with Crippen molar-refractivity contribution in [2.45, 2.75) is 19.2 Å². The molecule has 1 aromatic carbocycles. The molecule has 0 aliphatic carbocycles. The Bertz CT molecular complexity index is 366. The number of alkyl halides is 3. The number of hydrogen-bond donors (Lipinski definition) is 2. The van der Waals surface area contributed by atoms with Crippen LogP contribution in [-0.2, 0) is 6.18 Å². The van der Waals surface area contributed by atoms with Gasteiger partial charge in [-0.15, -0.1) is 0 Å². The lowest BCUT2D eigenvalue weighted by Gasteiger charge is -2.15. The Morgan fingerprint density at radius 2 is 2.06 bits per heavy atom. The second kappa shape index (κ2) is 5.05. The molecule has 0 aliphatic rings. The molecule has 0 saturated heterocycles. The maximum atomic E-state index is 12.6. The zero-order chi connectivity index (χ0) is 12.3.